The zero-order valence-electron chi connectivity index (χ0n) is 8.09. The normalized spacial score (nSPS) is 17.6. The van der Waals surface area contributed by atoms with E-state index in [9.17, 15) is 14.5 Å². The Kier molecular flexibility index (Phi) is 6.05. The number of hydrogen-bond acceptors (Lipinski definition) is 6. The number of amides is 1. The van der Waals surface area contributed by atoms with Crippen LogP contribution in [0.25, 0.3) is 0 Å². The minimum atomic E-state index is -4.32. The molecule has 0 aliphatic heterocycles. The largest absolute Gasteiger partial charge is 0.390 e. The Morgan fingerprint density at radius 1 is 1.25 bits per heavy atom. The Balaban J connectivity index is 4.23. The molecule has 0 fully saturated rings. The molecule has 0 rings (SSSR count). The topological polar surface area (TPSA) is 168 Å². The van der Waals surface area contributed by atoms with Crippen LogP contribution in [0.2, 0.25) is 0 Å². The van der Waals surface area contributed by atoms with Crippen molar-refractivity contribution < 1.29 is 39.7 Å². The number of aliphatic hydroxyl groups excluding tert-OH is 3. The molecule has 10 heteroatoms. The van der Waals surface area contributed by atoms with Crippen LogP contribution in [0.15, 0.2) is 0 Å². The first-order valence-electron chi connectivity index (χ1n) is 4.21. The minimum Gasteiger partial charge on any atom is -0.390 e. The highest BCUT2D eigenvalue weighted by molar-refractivity contribution is 7.51. The summed E-state index contributed by atoms with van der Waals surface area (Å²) in [5.41, 5.74) is 1.06. The quantitative estimate of drug-likeness (QED) is 0.152. The third kappa shape index (κ3) is 5.52. The number of carbonyl (C=O) groups is 1. The lowest BCUT2D eigenvalue weighted by Crippen LogP contribution is -2.46. The van der Waals surface area contributed by atoms with Gasteiger partial charge in [-0.25, -0.2) is 5.48 Å². The first kappa shape index (κ1) is 15.5. The van der Waals surface area contributed by atoms with Crippen molar-refractivity contribution in [3.63, 3.8) is 0 Å². The second-order valence-electron chi connectivity index (χ2n) is 3.16. The van der Waals surface area contributed by atoms with Gasteiger partial charge in [0.25, 0.3) is 5.91 Å². The molecule has 1 amide bonds. The summed E-state index contributed by atoms with van der Waals surface area (Å²) in [5.74, 6) is -1.33. The lowest BCUT2D eigenvalue weighted by molar-refractivity contribution is -0.149. The maximum atomic E-state index is 10.6. The Hall–Kier alpha value is -0.540. The van der Waals surface area contributed by atoms with E-state index in [2.05, 4.69) is 0 Å². The lowest BCUT2D eigenvalue weighted by Gasteiger charge is -2.21. The van der Waals surface area contributed by atoms with Gasteiger partial charge in [0.05, 0.1) is 12.3 Å². The second-order valence-corrected chi connectivity index (χ2v) is 4.93. The molecule has 0 unspecified atom stereocenters. The van der Waals surface area contributed by atoms with Crippen LogP contribution in [0.1, 0.15) is 6.42 Å². The van der Waals surface area contributed by atoms with Gasteiger partial charge in [0.15, 0.2) is 6.10 Å². The van der Waals surface area contributed by atoms with E-state index in [1.807, 2.05) is 0 Å². The Morgan fingerprint density at radius 2 is 1.75 bits per heavy atom. The van der Waals surface area contributed by atoms with Crippen molar-refractivity contribution in [2.24, 2.45) is 0 Å². The first-order valence-corrected chi connectivity index (χ1v) is 6.01. The summed E-state index contributed by atoms with van der Waals surface area (Å²) >= 11 is 0. The fourth-order valence-electron chi connectivity index (χ4n) is 0.903. The summed E-state index contributed by atoms with van der Waals surface area (Å²) in [6.07, 6.45) is -6.92. The molecule has 0 heterocycles. The molecule has 0 bridgehead atoms. The maximum absolute atomic E-state index is 10.6. The molecular formula is C6H14NO8P. The summed E-state index contributed by atoms with van der Waals surface area (Å²) < 4.78 is 10.4. The van der Waals surface area contributed by atoms with E-state index in [-0.39, 0.29) is 0 Å². The third-order valence-corrected chi connectivity index (χ3v) is 2.65. The number of hydroxylamine groups is 1. The Bertz CT molecular complexity index is 278. The molecule has 0 radical (unpaired) electrons. The van der Waals surface area contributed by atoms with Crippen LogP contribution in [0.3, 0.4) is 0 Å². The van der Waals surface area contributed by atoms with Gasteiger partial charge in [-0.3, -0.25) is 14.6 Å². The highest BCUT2D eigenvalue weighted by Gasteiger charge is 2.31. The summed E-state index contributed by atoms with van der Waals surface area (Å²) in [7, 11) is -4.32. The Labute approximate surface area is 90.5 Å². The molecule has 0 aromatic rings. The molecule has 3 atom stereocenters. The standard InChI is InChI=1S/C6H14NO8P/c8-3(1-2-16(13,14)15)4(9)5(10)6(11)7-12/h3-5,8-10,12H,1-2H2,(H,7,11)(H2,13,14,15)/t3-,4-,5+/m1/s1. The van der Waals surface area contributed by atoms with Gasteiger partial charge in [-0.05, 0) is 6.42 Å². The average molecular weight is 259 g/mol. The average Bonchev–Trinajstić information content (AvgIpc) is 2.21. The van der Waals surface area contributed by atoms with Gasteiger partial charge in [0.2, 0.25) is 0 Å². The molecule has 0 aromatic heterocycles. The summed E-state index contributed by atoms with van der Waals surface area (Å²) in [6, 6.07) is 0. The van der Waals surface area contributed by atoms with Crippen molar-refractivity contribution in [1.29, 1.82) is 0 Å². The SMILES string of the molecule is O=C(NO)[C@@H](O)[C@H](O)[C@H](O)CCP(=O)(O)O. The predicted molar refractivity (Wildman–Crippen MR) is 49.5 cm³/mol. The zero-order chi connectivity index (χ0) is 12.9. The van der Waals surface area contributed by atoms with E-state index in [0.717, 1.165) is 5.48 Å². The molecule has 0 aliphatic carbocycles. The highest BCUT2D eigenvalue weighted by Crippen LogP contribution is 2.35. The molecule has 0 saturated heterocycles. The molecule has 9 nitrogen and oxygen atoms in total. The third-order valence-electron chi connectivity index (χ3n) is 1.81. The monoisotopic (exact) mass is 259 g/mol. The van der Waals surface area contributed by atoms with Crippen LogP contribution >= 0.6 is 7.60 Å². The summed E-state index contributed by atoms with van der Waals surface area (Å²) in [4.78, 5) is 27.6. The predicted octanol–water partition coefficient (Wildman–Crippen LogP) is -2.86. The van der Waals surface area contributed by atoms with Crippen LogP contribution in [0.5, 0.6) is 0 Å². The summed E-state index contributed by atoms with van der Waals surface area (Å²) in [6.45, 7) is 0. The molecule has 0 aliphatic rings. The number of nitrogens with one attached hydrogen (secondary N) is 1. The van der Waals surface area contributed by atoms with Crippen molar-refractivity contribution in [3.05, 3.63) is 0 Å². The van der Waals surface area contributed by atoms with Crippen LogP contribution in [-0.4, -0.2) is 60.7 Å². The number of aliphatic hydroxyl groups is 3. The van der Waals surface area contributed by atoms with Gasteiger partial charge < -0.3 is 25.1 Å². The van der Waals surface area contributed by atoms with E-state index in [1.54, 1.807) is 0 Å². The summed E-state index contributed by atoms with van der Waals surface area (Å²) in [5, 5.41) is 35.5. The van der Waals surface area contributed by atoms with E-state index in [1.165, 1.54) is 0 Å². The highest BCUT2D eigenvalue weighted by atomic mass is 31.2. The van der Waals surface area contributed by atoms with Gasteiger partial charge in [0.1, 0.15) is 6.10 Å². The molecular weight excluding hydrogens is 245 g/mol. The Morgan fingerprint density at radius 3 is 2.12 bits per heavy atom. The van der Waals surface area contributed by atoms with Crippen molar-refractivity contribution in [1.82, 2.24) is 5.48 Å². The molecule has 0 saturated carbocycles. The maximum Gasteiger partial charge on any atom is 0.325 e. The van der Waals surface area contributed by atoms with Gasteiger partial charge in [-0.2, -0.15) is 0 Å². The van der Waals surface area contributed by atoms with Gasteiger partial charge in [0, 0.05) is 0 Å². The van der Waals surface area contributed by atoms with Gasteiger partial charge >= 0.3 is 7.60 Å². The minimum absolute atomic E-state index is 0.499. The lowest BCUT2D eigenvalue weighted by atomic mass is 10.1. The zero-order valence-corrected chi connectivity index (χ0v) is 8.99. The molecule has 16 heavy (non-hydrogen) atoms. The number of carbonyl (C=O) groups excluding carboxylic acids is 1. The molecule has 7 N–H and O–H groups in total. The second kappa shape index (κ2) is 6.26. The fraction of sp³-hybridized carbons (Fsp3) is 0.833. The molecule has 0 aromatic carbocycles. The van der Waals surface area contributed by atoms with Gasteiger partial charge in [-0.15, -0.1) is 0 Å². The van der Waals surface area contributed by atoms with Crippen LogP contribution in [0, 0.1) is 0 Å². The van der Waals surface area contributed by atoms with E-state index >= 15 is 0 Å². The molecule has 0 spiro atoms. The van der Waals surface area contributed by atoms with Crippen molar-refractivity contribution in [3.8, 4) is 0 Å². The van der Waals surface area contributed by atoms with E-state index in [0.29, 0.717) is 0 Å². The van der Waals surface area contributed by atoms with Crippen molar-refractivity contribution in [2.75, 3.05) is 6.16 Å². The number of hydrogen-bond donors (Lipinski definition) is 7. The van der Waals surface area contributed by atoms with Crippen LogP contribution in [0.4, 0.5) is 0 Å². The fourth-order valence-corrected chi connectivity index (χ4v) is 1.50. The van der Waals surface area contributed by atoms with Crippen molar-refractivity contribution in [2.45, 2.75) is 24.7 Å². The van der Waals surface area contributed by atoms with Crippen LogP contribution < -0.4 is 5.48 Å². The smallest absolute Gasteiger partial charge is 0.325 e. The number of rotatable bonds is 6. The van der Waals surface area contributed by atoms with E-state index < -0.39 is 44.4 Å². The van der Waals surface area contributed by atoms with Crippen LogP contribution in [-0.2, 0) is 9.36 Å². The first-order chi connectivity index (χ1) is 7.19. The van der Waals surface area contributed by atoms with Gasteiger partial charge in [-0.1, -0.05) is 0 Å². The molecule has 96 valence electrons. The van der Waals surface area contributed by atoms with E-state index in [4.69, 9.17) is 25.2 Å². The van der Waals surface area contributed by atoms with Crippen molar-refractivity contribution >= 4 is 13.5 Å².